The number of aromatic nitrogens is 1. The summed E-state index contributed by atoms with van der Waals surface area (Å²) in [5.74, 6) is 0. The average Bonchev–Trinajstić information content (AvgIpc) is 3.65. The Balaban J connectivity index is 1.30. The topological polar surface area (TPSA) is 31.2 Å². The van der Waals surface area contributed by atoms with Gasteiger partial charge >= 0.3 is 0 Å². The largest absolute Gasteiger partial charge is 0.456 e. The first kappa shape index (κ1) is 21.6. The van der Waals surface area contributed by atoms with Crippen molar-refractivity contribution in [3.05, 3.63) is 127 Å². The highest BCUT2D eigenvalue weighted by atomic mass is 16.3. The van der Waals surface area contributed by atoms with Crippen molar-refractivity contribution in [3.63, 3.8) is 0 Å². The van der Waals surface area contributed by atoms with Crippen molar-refractivity contribution in [1.82, 2.24) is 4.57 Å². The second-order valence-electron chi connectivity index (χ2n) is 10.6. The number of nitrogens with zero attached hydrogens (tertiary/aromatic N) is 1. The Labute approximate surface area is 229 Å². The van der Waals surface area contributed by atoms with E-state index in [2.05, 4.69) is 133 Å². The molecule has 0 saturated carbocycles. The summed E-state index contributed by atoms with van der Waals surface area (Å²) in [5.41, 5.74) is 10.5. The van der Waals surface area contributed by atoms with Crippen molar-refractivity contribution in [2.45, 2.75) is 6.92 Å². The predicted octanol–water partition coefficient (Wildman–Crippen LogP) is 10.6. The van der Waals surface area contributed by atoms with E-state index in [-0.39, 0.29) is 0 Å². The van der Waals surface area contributed by atoms with Gasteiger partial charge in [0.1, 0.15) is 22.3 Å². The quantitative estimate of drug-likeness (QED) is 0.230. The molecule has 0 atom stereocenters. The van der Waals surface area contributed by atoms with Crippen LogP contribution in [0.5, 0.6) is 0 Å². The minimum atomic E-state index is 0.882. The molecule has 3 heteroatoms. The number of aryl methyl sites for hydroxylation is 1. The monoisotopic (exact) mass is 513 g/mol. The lowest BCUT2D eigenvalue weighted by Crippen LogP contribution is -1.93. The standard InChI is InChI=1S/C37H23NO2/c1-22-13-16-28-29-17-14-23(20-36(29)40-35(28)19-22)25-9-6-12-34-37(25)30-21-24(15-18-33(30)39-34)38-31-10-4-2-7-26(31)27-8-3-5-11-32(27)38/h2-21H,1H3. The molecule has 0 N–H and O–H groups in total. The summed E-state index contributed by atoms with van der Waals surface area (Å²) in [6.07, 6.45) is 0. The van der Waals surface area contributed by atoms with Crippen molar-refractivity contribution < 1.29 is 8.83 Å². The van der Waals surface area contributed by atoms with Crippen LogP contribution in [0.15, 0.2) is 130 Å². The molecule has 0 bridgehead atoms. The highest BCUT2D eigenvalue weighted by Gasteiger charge is 2.17. The smallest absolute Gasteiger partial charge is 0.136 e. The number of rotatable bonds is 2. The Hall–Kier alpha value is -5.28. The Morgan fingerprint density at radius 2 is 1.18 bits per heavy atom. The summed E-state index contributed by atoms with van der Waals surface area (Å²) in [7, 11) is 0. The van der Waals surface area contributed by atoms with E-state index in [0.717, 1.165) is 60.7 Å². The second kappa shape index (κ2) is 7.87. The van der Waals surface area contributed by atoms with Crippen LogP contribution in [0.25, 0.3) is 82.5 Å². The van der Waals surface area contributed by atoms with E-state index in [0.29, 0.717) is 0 Å². The molecule has 0 spiro atoms. The molecule has 0 saturated heterocycles. The van der Waals surface area contributed by atoms with Gasteiger partial charge in [-0.25, -0.2) is 0 Å². The Kier molecular flexibility index (Phi) is 4.26. The molecule has 40 heavy (non-hydrogen) atoms. The third kappa shape index (κ3) is 2.95. The number of benzene rings is 6. The highest BCUT2D eigenvalue weighted by molar-refractivity contribution is 6.15. The molecule has 3 aromatic heterocycles. The third-order valence-electron chi connectivity index (χ3n) is 8.26. The SMILES string of the molecule is Cc1ccc2c(c1)oc1cc(-c3cccc4oc5ccc(-n6c7ccccc7c7ccccc76)cc5c34)ccc12. The van der Waals surface area contributed by atoms with Gasteiger partial charge in [-0.15, -0.1) is 0 Å². The van der Waals surface area contributed by atoms with Gasteiger partial charge in [-0.1, -0.05) is 66.7 Å². The van der Waals surface area contributed by atoms with E-state index in [1.54, 1.807) is 0 Å². The fraction of sp³-hybridized carbons (Fsp3) is 0.0270. The zero-order valence-electron chi connectivity index (χ0n) is 21.8. The Morgan fingerprint density at radius 3 is 1.98 bits per heavy atom. The fourth-order valence-electron chi connectivity index (χ4n) is 6.45. The van der Waals surface area contributed by atoms with E-state index in [1.807, 2.05) is 0 Å². The summed E-state index contributed by atoms with van der Waals surface area (Å²) < 4.78 is 15.0. The number of hydrogen-bond donors (Lipinski definition) is 0. The molecule has 9 rings (SSSR count). The van der Waals surface area contributed by atoms with Gasteiger partial charge in [0.15, 0.2) is 0 Å². The van der Waals surface area contributed by atoms with Crippen LogP contribution in [0.3, 0.4) is 0 Å². The number of fused-ring (bicyclic) bond motifs is 9. The summed E-state index contributed by atoms with van der Waals surface area (Å²) >= 11 is 0. The minimum absolute atomic E-state index is 0.882. The lowest BCUT2D eigenvalue weighted by Gasteiger charge is -2.08. The molecule has 6 aromatic carbocycles. The van der Waals surface area contributed by atoms with Gasteiger partial charge in [-0.3, -0.25) is 0 Å². The summed E-state index contributed by atoms with van der Waals surface area (Å²) in [6, 6.07) is 43.0. The van der Waals surface area contributed by atoms with Gasteiger partial charge in [0.05, 0.1) is 11.0 Å². The van der Waals surface area contributed by atoms with Gasteiger partial charge < -0.3 is 13.4 Å². The molecule has 0 radical (unpaired) electrons. The molecule has 3 heterocycles. The van der Waals surface area contributed by atoms with Gasteiger partial charge in [-0.05, 0) is 78.2 Å². The molecule has 0 aliphatic rings. The number of hydrogen-bond acceptors (Lipinski definition) is 2. The van der Waals surface area contributed by atoms with E-state index >= 15 is 0 Å². The average molecular weight is 514 g/mol. The third-order valence-corrected chi connectivity index (χ3v) is 8.26. The van der Waals surface area contributed by atoms with Gasteiger partial charge in [-0.2, -0.15) is 0 Å². The maximum atomic E-state index is 6.38. The molecule has 0 aliphatic carbocycles. The van der Waals surface area contributed by atoms with E-state index in [1.165, 1.54) is 27.4 Å². The second-order valence-corrected chi connectivity index (χ2v) is 10.6. The first-order valence-electron chi connectivity index (χ1n) is 13.6. The van der Waals surface area contributed by atoms with Crippen LogP contribution in [-0.4, -0.2) is 4.57 Å². The Bertz CT molecular complexity index is 2400. The van der Waals surface area contributed by atoms with Crippen molar-refractivity contribution in [2.24, 2.45) is 0 Å². The first-order chi connectivity index (χ1) is 19.7. The first-order valence-corrected chi connectivity index (χ1v) is 13.6. The maximum absolute atomic E-state index is 6.38. The molecular weight excluding hydrogens is 490 g/mol. The van der Waals surface area contributed by atoms with Crippen LogP contribution in [-0.2, 0) is 0 Å². The lowest BCUT2D eigenvalue weighted by molar-refractivity contribution is 0.668. The molecule has 0 amide bonds. The molecule has 188 valence electrons. The minimum Gasteiger partial charge on any atom is -0.456 e. The van der Waals surface area contributed by atoms with Crippen LogP contribution < -0.4 is 0 Å². The zero-order chi connectivity index (χ0) is 26.4. The van der Waals surface area contributed by atoms with E-state index < -0.39 is 0 Å². The van der Waals surface area contributed by atoms with Crippen LogP contribution in [0.1, 0.15) is 5.56 Å². The van der Waals surface area contributed by atoms with E-state index in [4.69, 9.17) is 8.83 Å². The molecule has 9 aromatic rings. The lowest BCUT2D eigenvalue weighted by atomic mass is 9.98. The number of para-hydroxylation sites is 2. The molecule has 0 aliphatic heterocycles. The fourth-order valence-corrected chi connectivity index (χ4v) is 6.45. The van der Waals surface area contributed by atoms with Gasteiger partial charge in [0.25, 0.3) is 0 Å². The van der Waals surface area contributed by atoms with Gasteiger partial charge in [0.2, 0.25) is 0 Å². The molecule has 3 nitrogen and oxygen atoms in total. The van der Waals surface area contributed by atoms with Crippen molar-refractivity contribution in [2.75, 3.05) is 0 Å². The molecular formula is C37H23NO2. The normalized spacial score (nSPS) is 12.1. The number of furan rings is 2. The molecule has 0 fully saturated rings. The van der Waals surface area contributed by atoms with Crippen molar-refractivity contribution >= 4 is 65.7 Å². The van der Waals surface area contributed by atoms with Crippen molar-refractivity contribution in [3.8, 4) is 16.8 Å². The van der Waals surface area contributed by atoms with Crippen LogP contribution >= 0.6 is 0 Å². The Morgan fingerprint density at radius 1 is 0.475 bits per heavy atom. The highest BCUT2D eigenvalue weighted by Crippen LogP contribution is 2.40. The predicted molar refractivity (Wildman–Crippen MR) is 166 cm³/mol. The molecule has 0 unspecified atom stereocenters. The van der Waals surface area contributed by atoms with Crippen LogP contribution in [0, 0.1) is 6.92 Å². The van der Waals surface area contributed by atoms with Crippen LogP contribution in [0.4, 0.5) is 0 Å². The van der Waals surface area contributed by atoms with Crippen molar-refractivity contribution in [1.29, 1.82) is 0 Å². The summed E-state index contributed by atoms with van der Waals surface area (Å²) in [5, 5.41) is 7.01. The van der Waals surface area contributed by atoms with Gasteiger partial charge in [0, 0.05) is 38.0 Å². The zero-order valence-corrected chi connectivity index (χ0v) is 21.8. The summed E-state index contributed by atoms with van der Waals surface area (Å²) in [4.78, 5) is 0. The maximum Gasteiger partial charge on any atom is 0.136 e. The van der Waals surface area contributed by atoms with E-state index in [9.17, 15) is 0 Å². The summed E-state index contributed by atoms with van der Waals surface area (Å²) in [6.45, 7) is 2.09. The van der Waals surface area contributed by atoms with Crippen LogP contribution in [0.2, 0.25) is 0 Å².